The summed E-state index contributed by atoms with van der Waals surface area (Å²) in [7, 11) is 0. The molecule has 11 heteroatoms. The first-order valence-electron chi connectivity index (χ1n) is 15.8. The normalized spacial score (nSPS) is 12.1. The quantitative estimate of drug-likeness (QED) is 0.128. The van der Waals surface area contributed by atoms with Crippen LogP contribution in [0.15, 0.2) is 67.7 Å². The third-order valence-electron chi connectivity index (χ3n) is 8.01. The average molecular weight is 605 g/mol. The van der Waals surface area contributed by atoms with Crippen molar-refractivity contribution >= 4 is 27.7 Å². The molecule has 1 amide bonds. The summed E-state index contributed by atoms with van der Waals surface area (Å²) in [5.74, 6) is 0.0755. The predicted octanol–water partition coefficient (Wildman–Crippen LogP) is 3.39. The van der Waals surface area contributed by atoms with Gasteiger partial charge in [0.25, 0.3) is 11.1 Å². The van der Waals surface area contributed by atoms with Crippen LogP contribution in [0, 0.1) is 0 Å². The zero-order valence-electron chi connectivity index (χ0n) is 25.5. The van der Waals surface area contributed by atoms with Crippen LogP contribution in [0.2, 0.25) is 0 Å². The lowest BCUT2D eigenvalue weighted by atomic mass is 10.1. The van der Waals surface area contributed by atoms with Crippen molar-refractivity contribution in [3.05, 3.63) is 90.2 Å². The van der Waals surface area contributed by atoms with E-state index in [0.29, 0.717) is 60.6 Å². The summed E-state index contributed by atoms with van der Waals surface area (Å²) < 4.78 is 2.48. The third kappa shape index (κ3) is 8.89. The standard InChI is InChI=1S/C33H44N6O5/c1-2-3-4-5-19-29(40)35-20-10-13-24(14-11-22-38-30(41)25-15-6-8-17-27(25)36-32(38)43)34-21-12-23-39-31(42)26-16-7-9-18-28(26)37-33(39)44/h6-9,15-18,24,34H,2-5,10-14,19-23H2,1H3,(H,35,40)(H,36,43)(H,37,44). The molecule has 0 saturated carbocycles. The minimum Gasteiger partial charge on any atom is -0.356 e. The maximum absolute atomic E-state index is 12.9. The van der Waals surface area contributed by atoms with E-state index in [-0.39, 0.29) is 36.2 Å². The molecule has 0 saturated heterocycles. The summed E-state index contributed by atoms with van der Waals surface area (Å²) in [6, 6.07) is 14.0. The van der Waals surface area contributed by atoms with E-state index in [9.17, 15) is 24.0 Å². The van der Waals surface area contributed by atoms with Gasteiger partial charge in [-0.2, -0.15) is 0 Å². The lowest BCUT2D eigenvalue weighted by Gasteiger charge is -2.19. The molecule has 0 aliphatic heterocycles. The molecule has 0 aliphatic rings. The highest BCUT2D eigenvalue weighted by atomic mass is 16.2. The molecule has 4 rings (SSSR count). The van der Waals surface area contributed by atoms with Crippen molar-refractivity contribution in [2.24, 2.45) is 0 Å². The van der Waals surface area contributed by atoms with Crippen LogP contribution in [0.5, 0.6) is 0 Å². The van der Waals surface area contributed by atoms with E-state index in [1.54, 1.807) is 48.5 Å². The molecule has 1 unspecified atom stereocenters. The van der Waals surface area contributed by atoms with Crippen LogP contribution < -0.4 is 33.1 Å². The van der Waals surface area contributed by atoms with Crippen LogP contribution in [-0.2, 0) is 17.9 Å². The number of carbonyl (C=O) groups is 1. The molecule has 4 aromatic rings. The number of amides is 1. The smallest absolute Gasteiger partial charge is 0.328 e. The van der Waals surface area contributed by atoms with Crippen molar-refractivity contribution in [1.29, 1.82) is 0 Å². The van der Waals surface area contributed by atoms with Gasteiger partial charge in [-0.15, -0.1) is 0 Å². The Morgan fingerprint density at radius 1 is 0.705 bits per heavy atom. The second kappa shape index (κ2) is 16.6. The Morgan fingerprint density at radius 3 is 1.89 bits per heavy atom. The number of H-pyrrole nitrogens is 2. The summed E-state index contributed by atoms with van der Waals surface area (Å²) in [5, 5.41) is 7.50. The minimum atomic E-state index is -0.429. The molecule has 2 aromatic carbocycles. The van der Waals surface area contributed by atoms with Crippen LogP contribution in [0.25, 0.3) is 21.8 Å². The van der Waals surface area contributed by atoms with Gasteiger partial charge in [0.1, 0.15) is 0 Å². The Bertz CT molecular complexity index is 1770. The number of aromatic amines is 2. The van der Waals surface area contributed by atoms with Gasteiger partial charge in [0.15, 0.2) is 0 Å². The number of hydrogen-bond donors (Lipinski definition) is 4. The largest absolute Gasteiger partial charge is 0.356 e. The lowest BCUT2D eigenvalue weighted by molar-refractivity contribution is -0.121. The summed E-state index contributed by atoms with van der Waals surface area (Å²) in [6.45, 7) is 3.86. The lowest BCUT2D eigenvalue weighted by Crippen LogP contribution is -2.37. The molecule has 4 N–H and O–H groups in total. The summed E-state index contributed by atoms with van der Waals surface area (Å²) in [5.41, 5.74) is -0.420. The predicted molar refractivity (Wildman–Crippen MR) is 174 cm³/mol. The number of para-hydroxylation sites is 2. The van der Waals surface area contributed by atoms with Crippen LogP contribution in [0.1, 0.15) is 71.1 Å². The Balaban J connectivity index is 1.32. The fraction of sp³-hybridized carbons (Fsp3) is 0.485. The highest BCUT2D eigenvalue weighted by Crippen LogP contribution is 2.09. The molecular weight excluding hydrogens is 560 g/mol. The summed E-state index contributed by atoms with van der Waals surface area (Å²) in [4.78, 5) is 68.6. The van der Waals surface area contributed by atoms with E-state index in [2.05, 4.69) is 27.5 Å². The van der Waals surface area contributed by atoms with E-state index in [1.165, 1.54) is 9.13 Å². The Kier molecular flexibility index (Phi) is 12.3. The topological polar surface area (TPSA) is 151 Å². The molecule has 44 heavy (non-hydrogen) atoms. The second-order valence-electron chi connectivity index (χ2n) is 11.3. The Hall–Kier alpha value is -4.25. The first-order valence-corrected chi connectivity index (χ1v) is 15.8. The van der Waals surface area contributed by atoms with Crippen LogP contribution in [0.3, 0.4) is 0 Å². The van der Waals surface area contributed by atoms with Crippen molar-refractivity contribution in [3.63, 3.8) is 0 Å². The molecule has 0 radical (unpaired) electrons. The Labute approximate surface area is 255 Å². The van der Waals surface area contributed by atoms with E-state index in [0.717, 1.165) is 38.5 Å². The molecule has 2 aromatic heterocycles. The fourth-order valence-electron chi connectivity index (χ4n) is 5.57. The Morgan fingerprint density at radius 2 is 1.27 bits per heavy atom. The minimum absolute atomic E-state index is 0.0679. The number of rotatable bonds is 18. The van der Waals surface area contributed by atoms with Gasteiger partial charge in [0, 0.05) is 32.1 Å². The molecule has 0 aliphatic carbocycles. The maximum atomic E-state index is 12.9. The molecule has 2 heterocycles. The van der Waals surface area contributed by atoms with Crippen molar-refractivity contribution in [2.45, 2.75) is 90.3 Å². The van der Waals surface area contributed by atoms with Crippen molar-refractivity contribution in [1.82, 2.24) is 29.7 Å². The molecule has 1 atom stereocenters. The number of benzene rings is 2. The van der Waals surface area contributed by atoms with E-state index in [1.807, 2.05) is 0 Å². The second-order valence-corrected chi connectivity index (χ2v) is 11.3. The average Bonchev–Trinajstić information content (AvgIpc) is 3.02. The zero-order valence-corrected chi connectivity index (χ0v) is 25.5. The molecule has 11 nitrogen and oxygen atoms in total. The van der Waals surface area contributed by atoms with Gasteiger partial charge in [0.2, 0.25) is 5.91 Å². The number of fused-ring (bicyclic) bond motifs is 2. The monoisotopic (exact) mass is 604 g/mol. The molecule has 0 bridgehead atoms. The molecule has 236 valence electrons. The highest BCUT2D eigenvalue weighted by molar-refractivity contribution is 5.77. The van der Waals surface area contributed by atoms with Crippen LogP contribution >= 0.6 is 0 Å². The fourth-order valence-corrected chi connectivity index (χ4v) is 5.57. The first-order chi connectivity index (χ1) is 21.4. The first kappa shape index (κ1) is 32.7. The van der Waals surface area contributed by atoms with Gasteiger partial charge in [-0.05, 0) is 69.3 Å². The third-order valence-corrected chi connectivity index (χ3v) is 8.01. The van der Waals surface area contributed by atoms with Crippen molar-refractivity contribution < 1.29 is 4.79 Å². The van der Waals surface area contributed by atoms with Gasteiger partial charge < -0.3 is 20.6 Å². The number of carbonyl (C=O) groups excluding carboxylic acids is 1. The summed E-state index contributed by atoms with van der Waals surface area (Å²) in [6.07, 6.45) is 8.23. The van der Waals surface area contributed by atoms with Gasteiger partial charge in [-0.3, -0.25) is 23.5 Å². The van der Waals surface area contributed by atoms with E-state index < -0.39 is 11.4 Å². The number of hydrogen-bond acceptors (Lipinski definition) is 6. The number of nitrogens with zero attached hydrogens (tertiary/aromatic N) is 2. The van der Waals surface area contributed by atoms with Crippen LogP contribution in [-0.4, -0.2) is 44.1 Å². The molecule has 0 spiro atoms. The number of aromatic nitrogens is 4. The zero-order chi connectivity index (χ0) is 31.3. The van der Waals surface area contributed by atoms with Crippen molar-refractivity contribution in [3.8, 4) is 0 Å². The van der Waals surface area contributed by atoms with Gasteiger partial charge in [-0.1, -0.05) is 50.5 Å². The number of nitrogens with one attached hydrogen (secondary N) is 4. The van der Waals surface area contributed by atoms with E-state index in [4.69, 9.17) is 0 Å². The van der Waals surface area contributed by atoms with E-state index >= 15 is 0 Å². The maximum Gasteiger partial charge on any atom is 0.328 e. The van der Waals surface area contributed by atoms with Gasteiger partial charge >= 0.3 is 11.4 Å². The molecule has 0 fully saturated rings. The SMILES string of the molecule is CCCCCCC(=O)NCCCC(CCCn1c(=O)[nH]c2ccccc2c1=O)NCCCn1c(=O)[nH]c2ccccc2c1=O. The highest BCUT2D eigenvalue weighted by Gasteiger charge is 2.12. The summed E-state index contributed by atoms with van der Waals surface area (Å²) >= 11 is 0. The molecular formula is C33H44N6O5. The van der Waals surface area contributed by atoms with Gasteiger partial charge in [0.05, 0.1) is 21.8 Å². The van der Waals surface area contributed by atoms with Crippen molar-refractivity contribution in [2.75, 3.05) is 13.1 Å². The van der Waals surface area contributed by atoms with Gasteiger partial charge in [-0.25, -0.2) is 9.59 Å². The van der Waals surface area contributed by atoms with Crippen LogP contribution in [0.4, 0.5) is 0 Å². The number of unbranched alkanes of at least 4 members (excludes halogenated alkanes) is 3.